The van der Waals surface area contributed by atoms with Crippen LogP contribution in [0.15, 0.2) is 16.6 Å². The van der Waals surface area contributed by atoms with Gasteiger partial charge in [0.2, 0.25) is 14.9 Å². The fraction of sp³-hybridized carbons (Fsp3) is 0.538. The van der Waals surface area contributed by atoms with Gasteiger partial charge in [-0.25, -0.2) is 12.8 Å². The van der Waals surface area contributed by atoms with Crippen molar-refractivity contribution in [1.29, 1.82) is 0 Å². The molecule has 1 aromatic rings. The molecule has 0 aliphatic heterocycles. The highest BCUT2D eigenvalue weighted by molar-refractivity contribution is 9.10. The molecule has 0 radical (unpaired) electrons. The molecule has 0 spiro atoms. The lowest BCUT2D eigenvalue weighted by molar-refractivity contribution is 0.164. The van der Waals surface area contributed by atoms with Gasteiger partial charge in [-0.2, -0.15) is 4.39 Å². The van der Waals surface area contributed by atoms with Crippen molar-refractivity contribution in [2.24, 2.45) is 5.41 Å². The molecular weight excluding hydrogens is 390 g/mol. The molecule has 2 rings (SSSR count). The maximum atomic E-state index is 13.7. The van der Waals surface area contributed by atoms with Crippen molar-refractivity contribution in [2.45, 2.75) is 25.7 Å². The predicted octanol–water partition coefficient (Wildman–Crippen LogP) is 4.24. The third-order valence-electron chi connectivity index (χ3n) is 3.64. The third kappa shape index (κ3) is 4.53. The highest BCUT2D eigenvalue weighted by atomic mass is 79.9. The maximum Gasteiger partial charge on any atom is 0.233 e. The van der Waals surface area contributed by atoms with E-state index in [2.05, 4.69) is 15.9 Å². The summed E-state index contributed by atoms with van der Waals surface area (Å²) < 4.78 is 55.4. The number of rotatable bonds is 5. The van der Waals surface area contributed by atoms with Crippen LogP contribution >= 0.6 is 26.6 Å². The number of halogens is 4. The molecule has 0 bridgehead atoms. The summed E-state index contributed by atoms with van der Waals surface area (Å²) in [6.45, 7) is -0.00817. The number of hydrogen-bond acceptors (Lipinski definition) is 3. The zero-order valence-corrected chi connectivity index (χ0v) is 14.2. The van der Waals surface area contributed by atoms with Gasteiger partial charge in [-0.05, 0) is 25.0 Å². The van der Waals surface area contributed by atoms with Gasteiger partial charge in [-0.1, -0.05) is 28.8 Å². The van der Waals surface area contributed by atoms with E-state index in [4.69, 9.17) is 15.4 Å². The molecule has 0 amide bonds. The minimum atomic E-state index is -3.68. The smallest absolute Gasteiger partial charge is 0.233 e. The Morgan fingerprint density at radius 3 is 2.48 bits per heavy atom. The molecule has 0 saturated heterocycles. The first-order chi connectivity index (χ1) is 9.71. The lowest BCUT2D eigenvalue weighted by Gasteiger charge is -2.27. The summed E-state index contributed by atoms with van der Waals surface area (Å²) in [6, 6.07) is 2.31. The van der Waals surface area contributed by atoms with Crippen LogP contribution in [0.2, 0.25) is 0 Å². The largest absolute Gasteiger partial charge is 0.490 e. The molecule has 1 aromatic carbocycles. The quantitative estimate of drug-likeness (QED) is 0.546. The minimum Gasteiger partial charge on any atom is -0.490 e. The van der Waals surface area contributed by atoms with E-state index in [0.29, 0.717) is 17.3 Å². The van der Waals surface area contributed by atoms with E-state index < -0.39 is 26.1 Å². The monoisotopic (exact) mass is 402 g/mol. The Kier molecular flexibility index (Phi) is 5.15. The van der Waals surface area contributed by atoms with Gasteiger partial charge in [-0.3, -0.25) is 0 Å². The first kappa shape index (κ1) is 17.0. The van der Waals surface area contributed by atoms with Crippen molar-refractivity contribution in [3.8, 4) is 5.75 Å². The van der Waals surface area contributed by atoms with Gasteiger partial charge in [0, 0.05) is 20.6 Å². The SMILES string of the molecule is O=S(=O)(Cl)CC1(COc2cc(Br)cc(F)c2F)CCCC1. The van der Waals surface area contributed by atoms with Crippen LogP contribution in [0.25, 0.3) is 0 Å². The summed E-state index contributed by atoms with van der Waals surface area (Å²) in [6.07, 6.45) is 3.00. The molecule has 3 nitrogen and oxygen atoms in total. The molecule has 1 aliphatic rings. The van der Waals surface area contributed by atoms with E-state index in [0.717, 1.165) is 18.9 Å². The topological polar surface area (TPSA) is 43.4 Å². The normalized spacial score (nSPS) is 17.9. The van der Waals surface area contributed by atoms with Gasteiger partial charge in [0.05, 0.1) is 12.4 Å². The summed E-state index contributed by atoms with van der Waals surface area (Å²) in [5.41, 5.74) is -0.633. The Hall–Kier alpha value is -0.400. The molecule has 21 heavy (non-hydrogen) atoms. The zero-order chi connectivity index (χ0) is 15.7. The van der Waals surface area contributed by atoms with Crippen molar-refractivity contribution in [2.75, 3.05) is 12.4 Å². The molecule has 1 saturated carbocycles. The van der Waals surface area contributed by atoms with Crippen LogP contribution < -0.4 is 4.74 Å². The van der Waals surface area contributed by atoms with Crippen LogP contribution in [-0.4, -0.2) is 20.8 Å². The molecule has 0 heterocycles. The highest BCUT2D eigenvalue weighted by Crippen LogP contribution is 2.41. The fourth-order valence-electron chi connectivity index (χ4n) is 2.69. The van der Waals surface area contributed by atoms with Crippen LogP contribution in [0.5, 0.6) is 5.75 Å². The van der Waals surface area contributed by atoms with E-state index in [-0.39, 0.29) is 18.1 Å². The molecule has 0 unspecified atom stereocenters. The maximum absolute atomic E-state index is 13.7. The predicted molar refractivity (Wildman–Crippen MR) is 80.1 cm³/mol. The Morgan fingerprint density at radius 2 is 1.90 bits per heavy atom. The summed E-state index contributed by atoms with van der Waals surface area (Å²) in [4.78, 5) is 0. The fourth-order valence-corrected chi connectivity index (χ4v) is 4.90. The Balaban J connectivity index is 2.16. The van der Waals surface area contributed by atoms with E-state index in [1.54, 1.807) is 0 Å². The molecule has 118 valence electrons. The van der Waals surface area contributed by atoms with Crippen LogP contribution in [0.3, 0.4) is 0 Å². The van der Waals surface area contributed by atoms with Crippen LogP contribution in [-0.2, 0) is 9.05 Å². The molecule has 1 aliphatic carbocycles. The first-order valence-corrected chi connectivity index (χ1v) is 9.68. The van der Waals surface area contributed by atoms with Gasteiger partial charge in [0.1, 0.15) is 0 Å². The molecule has 0 atom stereocenters. The third-order valence-corrected chi connectivity index (χ3v) is 5.38. The van der Waals surface area contributed by atoms with Crippen molar-refractivity contribution in [3.63, 3.8) is 0 Å². The zero-order valence-electron chi connectivity index (χ0n) is 11.0. The molecule has 0 N–H and O–H groups in total. The second-order valence-corrected chi connectivity index (χ2v) is 9.07. The van der Waals surface area contributed by atoms with Crippen molar-refractivity contribution < 1.29 is 21.9 Å². The Labute approximate surface area is 135 Å². The Morgan fingerprint density at radius 1 is 1.29 bits per heavy atom. The molecule has 0 aromatic heterocycles. The van der Waals surface area contributed by atoms with Gasteiger partial charge in [-0.15, -0.1) is 0 Å². The minimum absolute atomic E-state index is 0.00817. The van der Waals surface area contributed by atoms with Crippen LogP contribution in [0, 0.1) is 17.0 Å². The first-order valence-electron chi connectivity index (χ1n) is 6.40. The lowest BCUT2D eigenvalue weighted by atomic mass is 9.90. The molecular formula is C13H14BrClF2O3S. The summed E-state index contributed by atoms with van der Waals surface area (Å²) in [5.74, 6) is -2.57. The van der Waals surface area contributed by atoms with Crippen molar-refractivity contribution in [3.05, 3.63) is 28.2 Å². The van der Waals surface area contributed by atoms with Gasteiger partial charge >= 0.3 is 0 Å². The number of ether oxygens (including phenoxy) is 1. The number of hydrogen-bond donors (Lipinski definition) is 0. The van der Waals surface area contributed by atoms with E-state index in [9.17, 15) is 17.2 Å². The molecule has 8 heteroatoms. The Bertz CT molecular complexity index is 631. The van der Waals surface area contributed by atoms with Crippen LogP contribution in [0.4, 0.5) is 8.78 Å². The summed E-state index contributed by atoms with van der Waals surface area (Å²) >= 11 is 3.06. The summed E-state index contributed by atoms with van der Waals surface area (Å²) in [7, 11) is 1.66. The highest BCUT2D eigenvalue weighted by Gasteiger charge is 2.39. The van der Waals surface area contributed by atoms with Crippen LogP contribution in [0.1, 0.15) is 25.7 Å². The summed E-state index contributed by atoms with van der Waals surface area (Å²) in [5, 5.41) is 0. The second kappa shape index (κ2) is 6.38. The van der Waals surface area contributed by atoms with E-state index in [1.165, 1.54) is 6.07 Å². The van der Waals surface area contributed by atoms with Gasteiger partial charge < -0.3 is 4.74 Å². The van der Waals surface area contributed by atoms with Gasteiger partial charge in [0.25, 0.3) is 0 Å². The van der Waals surface area contributed by atoms with E-state index in [1.807, 2.05) is 0 Å². The number of benzene rings is 1. The lowest BCUT2D eigenvalue weighted by Crippen LogP contribution is -2.32. The standard InChI is InChI=1S/C13H14BrClF2O3S/c14-9-5-10(16)12(17)11(6-9)20-7-13(3-1-2-4-13)8-21(15,18)19/h5-6H,1-4,7-8H2. The van der Waals surface area contributed by atoms with E-state index >= 15 is 0 Å². The van der Waals surface area contributed by atoms with Crippen molar-refractivity contribution >= 4 is 35.7 Å². The van der Waals surface area contributed by atoms with Crippen molar-refractivity contribution in [1.82, 2.24) is 0 Å². The van der Waals surface area contributed by atoms with Gasteiger partial charge in [0.15, 0.2) is 11.6 Å². The second-order valence-electron chi connectivity index (χ2n) is 5.38. The molecule has 1 fully saturated rings. The average molecular weight is 404 g/mol. The average Bonchev–Trinajstić information content (AvgIpc) is 2.78.